The van der Waals surface area contributed by atoms with Gasteiger partial charge in [-0.1, -0.05) is 17.7 Å². The first-order chi connectivity index (χ1) is 14.0. The molecule has 6 nitrogen and oxygen atoms in total. The number of benzene rings is 2. The Kier molecular flexibility index (Phi) is 5.28. The van der Waals surface area contributed by atoms with E-state index in [0.29, 0.717) is 17.3 Å². The van der Waals surface area contributed by atoms with Crippen LogP contribution in [0, 0.1) is 5.92 Å². The van der Waals surface area contributed by atoms with Crippen molar-refractivity contribution < 1.29 is 19.1 Å². The van der Waals surface area contributed by atoms with E-state index in [0.717, 1.165) is 24.9 Å². The van der Waals surface area contributed by atoms with E-state index in [-0.39, 0.29) is 23.8 Å². The summed E-state index contributed by atoms with van der Waals surface area (Å²) in [5.74, 6) is -1.38. The van der Waals surface area contributed by atoms with Gasteiger partial charge in [-0.25, -0.2) is 4.79 Å². The number of carbonyl (C=O) groups is 3. The van der Waals surface area contributed by atoms with Crippen LogP contribution in [0.25, 0.3) is 0 Å². The number of nitrogens with one attached hydrogen (secondary N) is 1. The van der Waals surface area contributed by atoms with Crippen LogP contribution in [0.2, 0.25) is 5.02 Å². The van der Waals surface area contributed by atoms with Gasteiger partial charge in [-0.2, -0.15) is 0 Å². The van der Waals surface area contributed by atoms with Gasteiger partial charge in [-0.05, 0) is 60.7 Å². The molecule has 0 spiro atoms. The Hall–Kier alpha value is -2.86. The molecule has 1 aliphatic carbocycles. The van der Waals surface area contributed by atoms with Crippen LogP contribution >= 0.6 is 11.6 Å². The van der Waals surface area contributed by atoms with Crippen LogP contribution in [0.1, 0.15) is 34.3 Å². The fourth-order valence-electron chi connectivity index (χ4n) is 3.96. The molecule has 2 amide bonds. The lowest BCUT2D eigenvalue weighted by atomic mass is 10.1. The van der Waals surface area contributed by atoms with Gasteiger partial charge in [0.1, 0.15) is 0 Å². The zero-order valence-corrected chi connectivity index (χ0v) is 16.8. The van der Waals surface area contributed by atoms with E-state index in [4.69, 9.17) is 16.3 Å². The summed E-state index contributed by atoms with van der Waals surface area (Å²) < 4.78 is 4.70. The number of fused-ring (bicyclic) bond motifs is 1. The normalized spacial score (nSPS) is 17.9. The summed E-state index contributed by atoms with van der Waals surface area (Å²) in [5, 5.41) is 3.06. The van der Waals surface area contributed by atoms with Crippen molar-refractivity contribution in [1.82, 2.24) is 0 Å². The number of hydrogen-bond donors (Lipinski definition) is 1. The van der Waals surface area contributed by atoms with Crippen LogP contribution in [0.5, 0.6) is 0 Å². The summed E-state index contributed by atoms with van der Waals surface area (Å²) in [7, 11) is 1.28. The highest BCUT2D eigenvalue weighted by molar-refractivity contribution is 6.34. The highest BCUT2D eigenvalue weighted by Gasteiger charge is 2.35. The van der Waals surface area contributed by atoms with Crippen LogP contribution in [-0.2, 0) is 27.2 Å². The molecule has 1 unspecified atom stereocenters. The zero-order valence-electron chi connectivity index (χ0n) is 16.0. The molecule has 1 aliphatic heterocycles. The van der Waals surface area contributed by atoms with Gasteiger partial charge < -0.3 is 15.0 Å². The first-order valence-corrected chi connectivity index (χ1v) is 9.95. The van der Waals surface area contributed by atoms with Crippen molar-refractivity contribution in [2.45, 2.75) is 25.7 Å². The Morgan fingerprint density at radius 2 is 1.93 bits per heavy atom. The number of rotatable bonds is 4. The predicted octanol–water partition coefficient (Wildman–Crippen LogP) is 3.61. The van der Waals surface area contributed by atoms with Gasteiger partial charge >= 0.3 is 5.97 Å². The minimum absolute atomic E-state index is 0.0718. The van der Waals surface area contributed by atoms with E-state index in [2.05, 4.69) is 17.4 Å². The molecule has 4 rings (SSSR count). The summed E-state index contributed by atoms with van der Waals surface area (Å²) in [5.41, 5.74) is 4.08. The SMILES string of the molecule is COC(=O)c1ccc(Cl)c(NC(=O)C2CC(=O)N(c3ccc4c(c3)CCC4)C2)c1. The van der Waals surface area contributed by atoms with E-state index >= 15 is 0 Å². The number of carbonyl (C=O) groups excluding carboxylic acids is 3. The molecule has 1 N–H and O–H groups in total. The highest BCUT2D eigenvalue weighted by atomic mass is 35.5. The molecule has 1 atom stereocenters. The zero-order chi connectivity index (χ0) is 20.5. The van der Waals surface area contributed by atoms with Gasteiger partial charge in [0.05, 0.1) is 29.3 Å². The number of anilines is 2. The second kappa shape index (κ2) is 7.87. The van der Waals surface area contributed by atoms with E-state index in [9.17, 15) is 14.4 Å². The Morgan fingerprint density at radius 3 is 2.72 bits per heavy atom. The fraction of sp³-hybridized carbons (Fsp3) is 0.318. The van der Waals surface area contributed by atoms with Gasteiger partial charge in [0.25, 0.3) is 0 Å². The number of esters is 1. The number of aryl methyl sites for hydroxylation is 2. The van der Waals surface area contributed by atoms with Gasteiger partial charge in [0.15, 0.2) is 0 Å². The number of methoxy groups -OCH3 is 1. The van der Waals surface area contributed by atoms with E-state index in [1.807, 2.05) is 6.07 Å². The van der Waals surface area contributed by atoms with Gasteiger partial charge in [0, 0.05) is 18.7 Å². The molecule has 2 aromatic carbocycles. The molecule has 0 bridgehead atoms. The lowest BCUT2D eigenvalue weighted by molar-refractivity contribution is -0.122. The third kappa shape index (κ3) is 3.85. The molecule has 7 heteroatoms. The molecular formula is C22H21ClN2O4. The molecule has 2 aliphatic rings. The molecule has 1 saturated heterocycles. The Bertz CT molecular complexity index is 1000. The second-order valence-corrected chi connectivity index (χ2v) is 7.79. The molecule has 0 saturated carbocycles. The lowest BCUT2D eigenvalue weighted by Crippen LogP contribution is -2.28. The highest BCUT2D eigenvalue weighted by Crippen LogP contribution is 2.31. The summed E-state index contributed by atoms with van der Waals surface area (Å²) in [4.78, 5) is 38.7. The molecule has 1 heterocycles. The maximum absolute atomic E-state index is 12.8. The third-order valence-electron chi connectivity index (χ3n) is 5.53. The number of ether oxygens (including phenoxy) is 1. The first-order valence-electron chi connectivity index (χ1n) is 9.57. The molecular weight excluding hydrogens is 392 g/mol. The van der Waals surface area contributed by atoms with E-state index in [1.165, 1.54) is 36.4 Å². The maximum Gasteiger partial charge on any atom is 0.337 e. The van der Waals surface area contributed by atoms with Crippen LogP contribution < -0.4 is 10.2 Å². The van der Waals surface area contributed by atoms with Gasteiger partial charge in [-0.15, -0.1) is 0 Å². The summed E-state index contributed by atoms with van der Waals surface area (Å²) in [6, 6.07) is 10.6. The summed E-state index contributed by atoms with van der Waals surface area (Å²) in [6.45, 7) is 0.317. The largest absolute Gasteiger partial charge is 0.465 e. The van der Waals surface area contributed by atoms with Crippen molar-refractivity contribution in [2.75, 3.05) is 23.9 Å². The van der Waals surface area contributed by atoms with Crippen LogP contribution in [0.4, 0.5) is 11.4 Å². The van der Waals surface area contributed by atoms with Gasteiger partial charge in [-0.3, -0.25) is 9.59 Å². The van der Waals surface area contributed by atoms with Crippen LogP contribution in [0.15, 0.2) is 36.4 Å². The topological polar surface area (TPSA) is 75.7 Å². The van der Waals surface area contributed by atoms with Crippen LogP contribution in [0.3, 0.4) is 0 Å². The Labute approximate surface area is 173 Å². The number of hydrogen-bond acceptors (Lipinski definition) is 4. The van der Waals surface area contributed by atoms with E-state index in [1.54, 1.807) is 4.90 Å². The fourth-order valence-corrected chi connectivity index (χ4v) is 4.12. The van der Waals surface area contributed by atoms with Crippen molar-refractivity contribution in [2.24, 2.45) is 5.92 Å². The van der Waals surface area contributed by atoms with Gasteiger partial charge in [0.2, 0.25) is 11.8 Å². The smallest absolute Gasteiger partial charge is 0.337 e. The minimum atomic E-state index is -0.518. The van der Waals surface area contributed by atoms with Crippen molar-refractivity contribution >= 4 is 40.8 Å². The molecule has 0 aromatic heterocycles. The Balaban J connectivity index is 1.48. The molecule has 29 heavy (non-hydrogen) atoms. The third-order valence-corrected chi connectivity index (χ3v) is 5.86. The van der Waals surface area contributed by atoms with Crippen molar-refractivity contribution in [1.29, 1.82) is 0 Å². The van der Waals surface area contributed by atoms with Crippen LogP contribution in [-0.4, -0.2) is 31.4 Å². The molecule has 2 aromatic rings. The standard InChI is InChI=1S/C22H21ClN2O4/c1-29-22(28)15-6-8-18(23)19(10-15)24-21(27)16-11-20(26)25(12-16)17-7-5-13-3-2-4-14(13)9-17/h5-10,16H,2-4,11-12H2,1H3,(H,24,27). The molecule has 150 valence electrons. The lowest BCUT2D eigenvalue weighted by Gasteiger charge is -2.18. The number of amides is 2. The average molecular weight is 413 g/mol. The van der Waals surface area contributed by atoms with Crippen molar-refractivity contribution in [3.8, 4) is 0 Å². The predicted molar refractivity (Wildman–Crippen MR) is 110 cm³/mol. The molecule has 1 fully saturated rings. The minimum Gasteiger partial charge on any atom is -0.465 e. The summed E-state index contributed by atoms with van der Waals surface area (Å²) in [6.07, 6.45) is 3.39. The molecule has 0 radical (unpaired) electrons. The average Bonchev–Trinajstić information content (AvgIpc) is 3.34. The quantitative estimate of drug-likeness (QED) is 0.778. The number of nitrogens with zero attached hydrogens (tertiary/aromatic N) is 1. The Morgan fingerprint density at radius 1 is 1.14 bits per heavy atom. The first kappa shape index (κ1) is 19.5. The number of halogens is 1. The van der Waals surface area contributed by atoms with Crippen molar-refractivity contribution in [3.63, 3.8) is 0 Å². The summed E-state index contributed by atoms with van der Waals surface area (Å²) >= 11 is 6.16. The van der Waals surface area contributed by atoms with Crippen molar-refractivity contribution in [3.05, 3.63) is 58.1 Å². The monoisotopic (exact) mass is 412 g/mol. The second-order valence-electron chi connectivity index (χ2n) is 7.39. The maximum atomic E-state index is 12.8. The van der Waals surface area contributed by atoms with E-state index < -0.39 is 11.9 Å².